The van der Waals surface area contributed by atoms with E-state index in [0.717, 1.165) is 12.4 Å². The van der Waals surface area contributed by atoms with E-state index in [1.54, 1.807) is 12.4 Å². The highest BCUT2D eigenvalue weighted by atomic mass is 16.6. The Hall–Kier alpha value is -2.95. The maximum atomic E-state index is 11.0. The van der Waals surface area contributed by atoms with E-state index in [4.69, 9.17) is 5.26 Å². The highest BCUT2D eigenvalue weighted by Gasteiger charge is 2.21. The van der Waals surface area contributed by atoms with Gasteiger partial charge in [-0.15, -0.1) is 10.2 Å². The quantitative estimate of drug-likeness (QED) is 0.597. The van der Waals surface area contributed by atoms with Gasteiger partial charge in [-0.3, -0.25) is 10.1 Å². The van der Waals surface area contributed by atoms with Gasteiger partial charge < -0.3 is 9.47 Å². The Morgan fingerprint density at radius 3 is 3.00 bits per heavy atom. The predicted octanol–water partition coefficient (Wildman–Crippen LogP) is 1.08. The van der Waals surface area contributed by atoms with Crippen LogP contribution in [-0.4, -0.2) is 26.2 Å². The first kappa shape index (κ1) is 12.1. The normalized spacial score (nSPS) is 13.7. The average molecular weight is 270 g/mol. The molecule has 0 saturated carbocycles. The third-order valence-corrected chi connectivity index (χ3v) is 3.30. The zero-order chi connectivity index (χ0) is 14.1. The van der Waals surface area contributed by atoms with Gasteiger partial charge in [0.05, 0.1) is 11.5 Å². The molecule has 1 aromatic heterocycles. The van der Waals surface area contributed by atoms with Crippen LogP contribution in [0.3, 0.4) is 0 Å². The Labute approximate surface area is 114 Å². The molecule has 1 aromatic carbocycles. The zero-order valence-electron chi connectivity index (χ0n) is 10.4. The monoisotopic (exact) mass is 270 g/mol. The second kappa shape index (κ2) is 4.62. The van der Waals surface area contributed by atoms with Crippen molar-refractivity contribution >= 4 is 11.4 Å². The summed E-state index contributed by atoms with van der Waals surface area (Å²) >= 11 is 0. The van der Waals surface area contributed by atoms with Gasteiger partial charge in [0.25, 0.3) is 5.69 Å². The van der Waals surface area contributed by atoms with E-state index in [2.05, 4.69) is 10.2 Å². The molecule has 0 N–H and O–H groups in total. The Balaban J connectivity index is 1.94. The molecular weight excluding hydrogens is 260 g/mol. The van der Waals surface area contributed by atoms with Crippen molar-refractivity contribution in [3.63, 3.8) is 0 Å². The van der Waals surface area contributed by atoms with E-state index in [0.29, 0.717) is 18.8 Å². The number of aromatic nitrogens is 3. The first-order valence-corrected chi connectivity index (χ1v) is 5.99. The zero-order valence-corrected chi connectivity index (χ0v) is 10.4. The summed E-state index contributed by atoms with van der Waals surface area (Å²) in [6.45, 7) is 1.99. The number of nitro benzene ring substituents is 1. The van der Waals surface area contributed by atoms with Gasteiger partial charge in [-0.2, -0.15) is 5.26 Å². The SMILES string of the molecule is N#Cc1ccc(N2CCn3cnnc3C2)cc1[N+](=O)[O-]. The Morgan fingerprint density at radius 2 is 2.25 bits per heavy atom. The third-order valence-electron chi connectivity index (χ3n) is 3.30. The summed E-state index contributed by atoms with van der Waals surface area (Å²) in [6, 6.07) is 6.47. The molecule has 0 saturated heterocycles. The maximum Gasteiger partial charge on any atom is 0.289 e. The molecule has 0 amide bonds. The highest BCUT2D eigenvalue weighted by Crippen LogP contribution is 2.27. The van der Waals surface area contributed by atoms with E-state index in [1.807, 2.05) is 15.5 Å². The van der Waals surface area contributed by atoms with Gasteiger partial charge in [0.2, 0.25) is 0 Å². The molecule has 8 nitrogen and oxygen atoms in total. The van der Waals surface area contributed by atoms with Crippen LogP contribution >= 0.6 is 0 Å². The van der Waals surface area contributed by atoms with Gasteiger partial charge in [0.15, 0.2) is 5.82 Å². The Morgan fingerprint density at radius 1 is 1.40 bits per heavy atom. The lowest BCUT2D eigenvalue weighted by Crippen LogP contribution is -2.33. The number of nitrogens with zero attached hydrogens (tertiary/aromatic N) is 6. The average Bonchev–Trinajstić information content (AvgIpc) is 2.93. The van der Waals surface area contributed by atoms with Crippen LogP contribution in [0.25, 0.3) is 0 Å². The molecule has 0 spiro atoms. The van der Waals surface area contributed by atoms with E-state index >= 15 is 0 Å². The molecule has 0 radical (unpaired) electrons. The summed E-state index contributed by atoms with van der Waals surface area (Å²) in [5.41, 5.74) is 0.612. The minimum Gasteiger partial charge on any atom is -0.362 e. The second-order valence-electron chi connectivity index (χ2n) is 4.43. The molecule has 0 atom stereocenters. The maximum absolute atomic E-state index is 11.0. The van der Waals surface area contributed by atoms with Crippen molar-refractivity contribution in [1.29, 1.82) is 5.26 Å². The molecule has 3 rings (SSSR count). The number of rotatable bonds is 2. The van der Waals surface area contributed by atoms with E-state index in [9.17, 15) is 10.1 Å². The van der Waals surface area contributed by atoms with Crippen molar-refractivity contribution in [1.82, 2.24) is 14.8 Å². The van der Waals surface area contributed by atoms with Crippen molar-refractivity contribution < 1.29 is 4.92 Å². The molecule has 20 heavy (non-hydrogen) atoms. The first-order chi connectivity index (χ1) is 9.69. The van der Waals surface area contributed by atoms with Crippen molar-refractivity contribution in [2.45, 2.75) is 13.1 Å². The number of fused-ring (bicyclic) bond motifs is 1. The molecule has 8 heteroatoms. The molecular formula is C12H10N6O2. The summed E-state index contributed by atoms with van der Waals surface area (Å²) in [6.07, 6.45) is 1.67. The number of hydrogen-bond acceptors (Lipinski definition) is 6. The molecule has 1 aliphatic rings. The fourth-order valence-electron chi connectivity index (χ4n) is 2.25. The van der Waals surface area contributed by atoms with Gasteiger partial charge in [-0.1, -0.05) is 0 Å². The minimum absolute atomic E-state index is 0.0685. The molecule has 2 heterocycles. The summed E-state index contributed by atoms with van der Waals surface area (Å²) in [5, 5.41) is 27.7. The largest absolute Gasteiger partial charge is 0.362 e. The van der Waals surface area contributed by atoms with Crippen LogP contribution < -0.4 is 4.90 Å². The van der Waals surface area contributed by atoms with Gasteiger partial charge in [0.1, 0.15) is 18.0 Å². The summed E-state index contributed by atoms with van der Waals surface area (Å²) in [7, 11) is 0. The summed E-state index contributed by atoms with van der Waals surface area (Å²) in [5.74, 6) is 0.822. The van der Waals surface area contributed by atoms with Gasteiger partial charge in [-0.25, -0.2) is 0 Å². The smallest absolute Gasteiger partial charge is 0.289 e. The summed E-state index contributed by atoms with van der Waals surface area (Å²) in [4.78, 5) is 12.4. The Bertz CT molecular complexity index is 717. The Kier molecular flexibility index (Phi) is 2.80. The van der Waals surface area contributed by atoms with E-state index < -0.39 is 4.92 Å². The van der Waals surface area contributed by atoms with Crippen molar-refractivity contribution in [3.8, 4) is 6.07 Å². The molecule has 0 aliphatic carbocycles. The highest BCUT2D eigenvalue weighted by molar-refractivity contribution is 5.60. The van der Waals surface area contributed by atoms with Crippen molar-refractivity contribution in [2.75, 3.05) is 11.4 Å². The fourth-order valence-corrected chi connectivity index (χ4v) is 2.25. The van der Waals surface area contributed by atoms with Crippen LogP contribution in [0.15, 0.2) is 24.5 Å². The van der Waals surface area contributed by atoms with Gasteiger partial charge in [0, 0.05) is 24.8 Å². The van der Waals surface area contributed by atoms with E-state index in [-0.39, 0.29) is 11.3 Å². The van der Waals surface area contributed by atoms with Crippen LogP contribution in [0, 0.1) is 21.4 Å². The number of hydrogen-bond donors (Lipinski definition) is 0. The predicted molar refractivity (Wildman–Crippen MR) is 68.9 cm³/mol. The summed E-state index contributed by atoms with van der Waals surface area (Å²) < 4.78 is 1.95. The molecule has 1 aliphatic heterocycles. The number of nitro groups is 1. The van der Waals surface area contributed by atoms with Crippen molar-refractivity contribution in [3.05, 3.63) is 46.0 Å². The lowest BCUT2D eigenvalue weighted by atomic mass is 10.1. The first-order valence-electron chi connectivity index (χ1n) is 5.99. The lowest BCUT2D eigenvalue weighted by molar-refractivity contribution is -0.385. The van der Waals surface area contributed by atoms with Gasteiger partial charge in [-0.05, 0) is 12.1 Å². The molecule has 100 valence electrons. The standard InChI is InChI=1S/C12H10N6O2/c13-6-9-1-2-10(5-11(9)18(19)20)16-3-4-17-8-14-15-12(17)7-16/h1-2,5,8H,3-4,7H2. The third kappa shape index (κ3) is 1.95. The minimum atomic E-state index is -0.533. The molecule has 0 fully saturated rings. The topological polar surface area (TPSA) is 101 Å². The van der Waals surface area contributed by atoms with Gasteiger partial charge >= 0.3 is 0 Å². The van der Waals surface area contributed by atoms with Crippen LogP contribution in [0.5, 0.6) is 0 Å². The number of benzene rings is 1. The van der Waals surface area contributed by atoms with E-state index in [1.165, 1.54) is 12.1 Å². The molecule has 0 unspecified atom stereocenters. The number of nitriles is 1. The second-order valence-corrected chi connectivity index (χ2v) is 4.43. The molecule has 0 bridgehead atoms. The lowest BCUT2D eigenvalue weighted by Gasteiger charge is -2.28. The van der Waals surface area contributed by atoms with Crippen LogP contribution in [0.1, 0.15) is 11.4 Å². The molecule has 2 aromatic rings. The fraction of sp³-hybridized carbons (Fsp3) is 0.250. The van der Waals surface area contributed by atoms with Crippen molar-refractivity contribution in [2.24, 2.45) is 0 Å². The van der Waals surface area contributed by atoms with Crippen LogP contribution in [0.2, 0.25) is 0 Å². The van der Waals surface area contributed by atoms with Crippen LogP contribution in [-0.2, 0) is 13.1 Å². The number of anilines is 1. The van der Waals surface area contributed by atoms with Crippen LogP contribution in [0.4, 0.5) is 11.4 Å².